The molecule has 4 nitrogen and oxygen atoms in total. The van der Waals surface area contributed by atoms with Gasteiger partial charge in [0.25, 0.3) is 0 Å². The summed E-state index contributed by atoms with van der Waals surface area (Å²) in [5, 5.41) is 13.8. The van der Waals surface area contributed by atoms with Gasteiger partial charge in [0.2, 0.25) is 0 Å². The fourth-order valence-corrected chi connectivity index (χ4v) is 5.80. The molecule has 0 aliphatic rings. The highest BCUT2D eigenvalue weighted by molar-refractivity contribution is 6.08. The molecule has 3 aromatic heterocycles. The minimum Gasteiger partial charge on any atom is -0.505 e. The standard InChI is InChI=1S/C37H37N3O/c1-23(2)26-21-30(24(3)4)35(41)33(22-26)40-32-15-8-7-14-28(32)29-17-18-31(39-36(29)40)25-12-11-13-27(20-25)37(5,6)34-16-9-10-19-38-34/h7-24,41H,1-6H3. The van der Waals surface area contributed by atoms with Crippen LogP contribution < -0.4 is 0 Å². The smallest absolute Gasteiger partial charge is 0.146 e. The molecule has 0 saturated heterocycles. The van der Waals surface area contributed by atoms with Gasteiger partial charge in [-0.1, -0.05) is 90.1 Å². The van der Waals surface area contributed by atoms with Gasteiger partial charge in [-0.3, -0.25) is 9.55 Å². The number of pyridine rings is 2. The maximum absolute atomic E-state index is 11.6. The molecule has 6 aromatic rings. The third-order valence-electron chi connectivity index (χ3n) is 8.38. The lowest BCUT2D eigenvalue weighted by molar-refractivity contribution is 0.462. The third-order valence-corrected chi connectivity index (χ3v) is 8.38. The van der Waals surface area contributed by atoms with Crippen LogP contribution in [0.1, 0.15) is 75.8 Å². The molecule has 206 valence electrons. The van der Waals surface area contributed by atoms with Crippen molar-refractivity contribution in [3.05, 3.63) is 120 Å². The van der Waals surface area contributed by atoms with E-state index in [0.29, 0.717) is 11.7 Å². The number of phenolic OH excluding ortho intramolecular Hbond substituents is 1. The van der Waals surface area contributed by atoms with E-state index in [9.17, 15) is 5.11 Å². The van der Waals surface area contributed by atoms with E-state index < -0.39 is 0 Å². The van der Waals surface area contributed by atoms with Crippen molar-refractivity contribution in [1.29, 1.82) is 0 Å². The first kappa shape index (κ1) is 26.8. The number of benzene rings is 3. The Morgan fingerprint density at radius 2 is 1.54 bits per heavy atom. The topological polar surface area (TPSA) is 50.9 Å². The van der Waals surface area contributed by atoms with Gasteiger partial charge < -0.3 is 5.11 Å². The molecule has 3 heterocycles. The summed E-state index contributed by atoms with van der Waals surface area (Å²) in [6, 6.07) is 31.6. The fourth-order valence-electron chi connectivity index (χ4n) is 5.80. The molecule has 0 bridgehead atoms. The first-order valence-electron chi connectivity index (χ1n) is 14.5. The number of aromatic hydroxyl groups is 1. The number of hydrogen-bond acceptors (Lipinski definition) is 3. The summed E-state index contributed by atoms with van der Waals surface area (Å²) in [4.78, 5) is 9.93. The van der Waals surface area contributed by atoms with Gasteiger partial charge in [0.15, 0.2) is 0 Å². The maximum Gasteiger partial charge on any atom is 0.146 e. The Hall–Kier alpha value is -4.44. The van der Waals surface area contributed by atoms with Crippen LogP contribution in [-0.2, 0) is 5.41 Å². The van der Waals surface area contributed by atoms with Crippen molar-refractivity contribution in [2.45, 2.75) is 58.8 Å². The van der Waals surface area contributed by atoms with Crippen LogP contribution in [0.5, 0.6) is 5.75 Å². The van der Waals surface area contributed by atoms with E-state index >= 15 is 0 Å². The first-order chi connectivity index (χ1) is 19.7. The molecule has 0 spiro atoms. The van der Waals surface area contributed by atoms with Crippen molar-refractivity contribution in [2.75, 3.05) is 0 Å². The lowest BCUT2D eigenvalue weighted by Gasteiger charge is -2.25. The molecule has 0 aliphatic carbocycles. The average Bonchev–Trinajstić information content (AvgIpc) is 3.31. The van der Waals surface area contributed by atoms with Crippen LogP contribution in [0.4, 0.5) is 0 Å². The van der Waals surface area contributed by atoms with Crippen LogP contribution in [0.2, 0.25) is 0 Å². The zero-order valence-electron chi connectivity index (χ0n) is 24.7. The van der Waals surface area contributed by atoms with E-state index in [0.717, 1.165) is 50.1 Å². The molecule has 0 amide bonds. The molecular weight excluding hydrogens is 502 g/mol. The van der Waals surface area contributed by atoms with Crippen LogP contribution in [0.3, 0.4) is 0 Å². The molecule has 0 saturated carbocycles. The van der Waals surface area contributed by atoms with Gasteiger partial charge in [-0.05, 0) is 71.0 Å². The summed E-state index contributed by atoms with van der Waals surface area (Å²) in [7, 11) is 0. The van der Waals surface area contributed by atoms with Gasteiger partial charge in [0, 0.05) is 27.9 Å². The Morgan fingerprint density at radius 3 is 2.27 bits per heavy atom. The maximum atomic E-state index is 11.6. The number of nitrogens with zero attached hydrogens (tertiary/aromatic N) is 3. The van der Waals surface area contributed by atoms with Crippen molar-refractivity contribution < 1.29 is 5.11 Å². The predicted octanol–water partition coefficient (Wildman–Crippen LogP) is 9.52. The minimum atomic E-state index is -0.257. The second kappa shape index (κ2) is 10.2. The number of rotatable bonds is 6. The molecule has 1 N–H and O–H groups in total. The van der Waals surface area contributed by atoms with Gasteiger partial charge in [-0.2, -0.15) is 0 Å². The van der Waals surface area contributed by atoms with Crippen LogP contribution in [0.15, 0.2) is 97.2 Å². The van der Waals surface area contributed by atoms with Crippen LogP contribution >= 0.6 is 0 Å². The molecule has 4 heteroatoms. The van der Waals surface area contributed by atoms with Gasteiger partial charge in [0.05, 0.1) is 22.6 Å². The van der Waals surface area contributed by atoms with Gasteiger partial charge in [-0.25, -0.2) is 4.98 Å². The monoisotopic (exact) mass is 539 g/mol. The summed E-state index contributed by atoms with van der Waals surface area (Å²) in [6.45, 7) is 13.1. The minimum absolute atomic E-state index is 0.189. The zero-order chi connectivity index (χ0) is 28.9. The zero-order valence-corrected chi connectivity index (χ0v) is 24.7. The fraction of sp³-hybridized carbons (Fsp3) is 0.243. The molecule has 0 fully saturated rings. The summed E-state index contributed by atoms with van der Waals surface area (Å²) in [5.74, 6) is 0.835. The summed E-state index contributed by atoms with van der Waals surface area (Å²) >= 11 is 0. The summed E-state index contributed by atoms with van der Waals surface area (Å²) < 4.78 is 2.14. The highest BCUT2D eigenvalue weighted by Gasteiger charge is 2.25. The number of hydrogen-bond donors (Lipinski definition) is 1. The first-order valence-corrected chi connectivity index (χ1v) is 14.5. The van der Waals surface area contributed by atoms with Crippen LogP contribution in [0, 0.1) is 0 Å². The highest BCUT2D eigenvalue weighted by Crippen LogP contribution is 2.40. The van der Waals surface area contributed by atoms with E-state index in [1.807, 2.05) is 18.3 Å². The van der Waals surface area contributed by atoms with Crippen molar-refractivity contribution in [2.24, 2.45) is 0 Å². The van der Waals surface area contributed by atoms with Gasteiger partial charge >= 0.3 is 0 Å². The molecule has 6 rings (SSSR count). The quantitative estimate of drug-likeness (QED) is 0.229. The summed E-state index contributed by atoms with van der Waals surface area (Å²) in [6.07, 6.45) is 1.85. The second-order valence-electron chi connectivity index (χ2n) is 12.1. The van der Waals surface area contributed by atoms with Crippen molar-refractivity contribution >= 4 is 21.9 Å². The van der Waals surface area contributed by atoms with Gasteiger partial charge in [-0.15, -0.1) is 0 Å². The van der Waals surface area contributed by atoms with E-state index in [-0.39, 0.29) is 11.3 Å². The molecule has 41 heavy (non-hydrogen) atoms. The number of fused-ring (bicyclic) bond motifs is 3. The predicted molar refractivity (Wildman–Crippen MR) is 170 cm³/mol. The highest BCUT2D eigenvalue weighted by atomic mass is 16.3. The van der Waals surface area contributed by atoms with Gasteiger partial charge in [0.1, 0.15) is 11.4 Å². The van der Waals surface area contributed by atoms with E-state index in [1.165, 1.54) is 11.1 Å². The van der Waals surface area contributed by atoms with E-state index in [2.05, 4.69) is 130 Å². The van der Waals surface area contributed by atoms with Crippen molar-refractivity contribution in [1.82, 2.24) is 14.5 Å². The molecule has 0 unspecified atom stereocenters. The number of aromatic nitrogens is 3. The molecule has 0 atom stereocenters. The molecule has 3 aromatic carbocycles. The lowest BCUT2D eigenvalue weighted by Crippen LogP contribution is -2.20. The van der Waals surface area contributed by atoms with Crippen LogP contribution in [-0.4, -0.2) is 19.6 Å². The number of phenols is 1. The molecular formula is C37H37N3O. The molecule has 0 aliphatic heterocycles. The Bertz CT molecular complexity index is 1880. The third kappa shape index (κ3) is 4.58. The van der Waals surface area contributed by atoms with Crippen molar-refractivity contribution in [3.63, 3.8) is 0 Å². The second-order valence-corrected chi connectivity index (χ2v) is 12.1. The number of para-hydroxylation sites is 1. The Kier molecular flexibility index (Phi) is 6.65. The average molecular weight is 540 g/mol. The normalized spacial score (nSPS) is 12.2. The summed E-state index contributed by atoms with van der Waals surface area (Å²) in [5.41, 5.74) is 8.70. The SMILES string of the molecule is CC(C)c1cc(C(C)C)c(O)c(-n2c3ccccc3c3ccc(-c4cccc(C(C)(C)c5ccccn5)c4)nc32)c1. The molecule has 0 radical (unpaired) electrons. The van der Waals surface area contributed by atoms with E-state index in [4.69, 9.17) is 4.98 Å². The van der Waals surface area contributed by atoms with Crippen molar-refractivity contribution in [3.8, 4) is 22.7 Å². The Labute approximate surface area is 242 Å². The lowest BCUT2D eigenvalue weighted by atomic mass is 9.80. The Balaban J connectivity index is 1.58. The van der Waals surface area contributed by atoms with Crippen LogP contribution in [0.25, 0.3) is 38.9 Å². The Morgan fingerprint density at radius 1 is 0.756 bits per heavy atom. The van der Waals surface area contributed by atoms with E-state index in [1.54, 1.807) is 0 Å². The largest absolute Gasteiger partial charge is 0.505 e.